The molecule has 1 aliphatic rings. The molecule has 0 aliphatic heterocycles. The molecule has 0 spiro atoms. The largest absolute Gasteiger partial charge is 0.474 e. The fourth-order valence-corrected chi connectivity index (χ4v) is 2.51. The maximum atomic E-state index is 5.96. The summed E-state index contributed by atoms with van der Waals surface area (Å²) in [7, 11) is 0. The van der Waals surface area contributed by atoms with Gasteiger partial charge in [0.1, 0.15) is 6.10 Å². The van der Waals surface area contributed by atoms with Crippen LogP contribution in [-0.4, -0.2) is 22.1 Å². The van der Waals surface area contributed by atoms with E-state index in [9.17, 15) is 0 Å². The van der Waals surface area contributed by atoms with Gasteiger partial charge in [-0.2, -0.15) is 4.98 Å². The van der Waals surface area contributed by atoms with Gasteiger partial charge in [-0.1, -0.05) is 37.8 Å². The fraction of sp³-hybridized carbons (Fsp3) is 0.412. The molecule has 2 N–H and O–H groups in total. The van der Waals surface area contributed by atoms with Gasteiger partial charge in [0.05, 0.1) is 0 Å². The van der Waals surface area contributed by atoms with E-state index in [4.69, 9.17) is 10.5 Å². The monoisotopic (exact) mass is 285 g/mol. The first-order valence-corrected chi connectivity index (χ1v) is 7.12. The van der Waals surface area contributed by atoms with Crippen LogP contribution in [0.15, 0.2) is 42.6 Å². The molecular weight excluding hydrogens is 262 g/mol. The van der Waals surface area contributed by atoms with Gasteiger partial charge in [-0.25, -0.2) is 4.98 Å². The molecule has 1 aromatic heterocycles. The number of hydrogen-bond acceptors (Lipinski definition) is 4. The Kier molecular flexibility index (Phi) is 5.28. The first kappa shape index (κ1) is 15.4. The molecule has 0 atom stereocenters. The molecule has 1 aromatic carbocycles. The van der Waals surface area contributed by atoms with Crippen molar-refractivity contribution in [3.05, 3.63) is 42.6 Å². The van der Waals surface area contributed by atoms with Crippen molar-refractivity contribution >= 4 is 0 Å². The molecular formula is C17H23N3O. The molecule has 4 nitrogen and oxygen atoms in total. The number of ether oxygens (including phenoxy) is 1. The topological polar surface area (TPSA) is 61.0 Å². The van der Waals surface area contributed by atoms with Gasteiger partial charge >= 0.3 is 0 Å². The minimum atomic E-state index is 0. The summed E-state index contributed by atoms with van der Waals surface area (Å²) in [6.07, 6.45) is 6.05. The molecule has 1 saturated carbocycles. The summed E-state index contributed by atoms with van der Waals surface area (Å²) in [6, 6.07) is 12.1. The second-order valence-electron chi connectivity index (χ2n) is 5.24. The van der Waals surface area contributed by atoms with Crippen LogP contribution in [0, 0.1) is 0 Å². The van der Waals surface area contributed by atoms with Crippen molar-refractivity contribution in [3.8, 4) is 17.3 Å². The molecule has 0 bridgehead atoms. The lowest BCUT2D eigenvalue weighted by Crippen LogP contribution is -2.31. The van der Waals surface area contributed by atoms with Crippen LogP contribution >= 0.6 is 0 Å². The van der Waals surface area contributed by atoms with Gasteiger partial charge in [0, 0.05) is 23.9 Å². The predicted octanol–water partition coefficient (Wildman–Crippen LogP) is 3.43. The number of hydrogen-bond donors (Lipinski definition) is 1. The van der Waals surface area contributed by atoms with E-state index in [1.807, 2.05) is 36.4 Å². The molecule has 1 aliphatic carbocycles. The Labute approximate surface area is 126 Å². The molecule has 0 saturated heterocycles. The molecule has 2 aromatic rings. The van der Waals surface area contributed by atoms with Crippen molar-refractivity contribution in [2.24, 2.45) is 5.73 Å². The number of aromatic nitrogens is 2. The Bertz CT molecular complexity index is 551. The van der Waals surface area contributed by atoms with Crippen LogP contribution in [0.25, 0.3) is 11.4 Å². The first-order valence-electron chi connectivity index (χ1n) is 7.12. The van der Waals surface area contributed by atoms with Gasteiger partial charge in [0.25, 0.3) is 0 Å². The summed E-state index contributed by atoms with van der Waals surface area (Å²) in [5.74, 6) is 1.36. The van der Waals surface area contributed by atoms with E-state index in [1.54, 1.807) is 6.20 Å². The van der Waals surface area contributed by atoms with Gasteiger partial charge in [0.2, 0.25) is 5.88 Å². The van der Waals surface area contributed by atoms with Crippen LogP contribution in [0.1, 0.15) is 33.1 Å². The number of benzene rings is 1. The van der Waals surface area contributed by atoms with E-state index in [0.29, 0.717) is 17.7 Å². The Balaban J connectivity index is 0.00000161. The van der Waals surface area contributed by atoms with Crippen molar-refractivity contribution in [3.63, 3.8) is 0 Å². The highest BCUT2D eigenvalue weighted by Gasteiger charge is 2.20. The Morgan fingerprint density at radius 2 is 1.71 bits per heavy atom. The lowest BCUT2D eigenvalue weighted by Gasteiger charge is -2.26. The van der Waals surface area contributed by atoms with Gasteiger partial charge in [-0.05, 0) is 25.7 Å². The van der Waals surface area contributed by atoms with Gasteiger partial charge in [0.15, 0.2) is 5.82 Å². The molecule has 0 radical (unpaired) electrons. The number of nitrogens with zero attached hydrogens (tertiary/aromatic N) is 2. The van der Waals surface area contributed by atoms with Gasteiger partial charge < -0.3 is 10.5 Å². The molecule has 112 valence electrons. The highest BCUT2D eigenvalue weighted by atomic mass is 16.5. The molecule has 4 heteroatoms. The number of nitrogens with two attached hydrogens (primary N) is 1. The van der Waals surface area contributed by atoms with Crippen LogP contribution in [-0.2, 0) is 0 Å². The van der Waals surface area contributed by atoms with Crippen LogP contribution in [0.4, 0.5) is 0 Å². The zero-order valence-corrected chi connectivity index (χ0v) is 11.4. The summed E-state index contributed by atoms with van der Waals surface area (Å²) in [4.78, 5) is 8.80. The van der Waals surface area contributed by atoms with E-state index in [0.717, 1.165) is 31.2 Å². The fourth-order valence-electron chi connectivity index (χ4n) is 2.51. The molecule has 1 heterocycles. The second-order valence-corrected chi connectivity index (χ2v) is 5.24. The van der Waals surface area contributed by atoms with E-state index in [2.05, 4.69) is 9.97 Å². The second kappa shape index (κ2) is 7.18. The van der Waals surface area contributed by atoms with Crippen LogP contribution < -0.4 is 10.5 Å². The SMILES string of the molecule is C.NC1CCC(Oc2ccnc(-c3ccccc3)n2)CC1. The lowest BCUT2D eigenvalue weighted by molar-refractivity contribution is 0.141. The molecule has 0 unspecified atom stereocenters. The van der Waals surface area contributed by atoms with Crippen molar-refractivity contribution in [1.82, 2.24) is 9.97 Å². The van der Waals surface area contributed by atoms with E-state index < -0.39 is 0 Å². The summed E-state index contributed by atoms with van der Waals surface area (Å²) in [6.45, 7) is 0. The van der Waals surface area contributed by atoms with Crippen LogP contribution in [0.2, 0.25) is 0 Å². The van der Waals surface area contributed by atoms with E-state index in [1.165, 1.54) is 0 Å². The third-order valence-electron chi connectivity index (χ3n) is 3.67. The van der Waals surface area contributed by atoms with Crippen molar-refractivity contribution < 1.29 is 4.74 Å². The van der Waals surface area contributed by atoms with Crippen LogP contribution in [0.3, 0.4) is 0 Å². The summed E-state index contributed by atoms with van der Waals surface area (Å²) in [5.41, 5.74) is 6.91. The molecule has 1 fully saturated rings. The quantitative estimate of drug-likeness (QED) is 0.938. The maximum Gasteiger partial charge on any atom is 0.217 e. The average Bonchev–Trinajstić information content (AvgIpc) is 2.51. The van der Waals surface area contributed by atoms with Crippen molar-refractivity contribution in [1.29, 1.82) is 0 Å². The average molecular weight is 285 g/mol. The van der Waals surface area contributed by atoms with Gasteiger partial charge in [-0.3, -0.25) is 0 Å². The van der Waals surface area contributed by atoms with Gasteiger partial charge in [-0.15, -0.1) is 0 Å². The Morgan fingerprint density at radius 3 is 2.43 bits per heavy atom. The van der Waals surface area contributed by atoms with E-state index >= 15 is 0 Å². The highest BCUT2D eigenvalue weighted by Crippen LogP contribution is 2.23. The Hall–Kier alpha value is -1.94. The standard InChI is InChI=1S/C16H19N3O.CH4/c17-13-6-8-14(9-7-13)20-15-10-11-18-16(19-15)12-4-2-1-3-5-12;/h1-5,10-11,13-14H,6-9,17H2;1H4. The predicted molar refractivity (Wildman–Crippen MR) is 85.1 cm³/mol. The minimum absolute atomic E-state index is 0. The zero-order valence-electron chi connectivity index (χ0n) is 11.4. The maximum absolute atomic E-state index is 5.96. The van der Waals surface area contributed by atoms with Crippen LogP contribution in [0.5, 0.6) is 5.88 Å². The number of rotatable bonds is 3. The summed E-state index contributed by atoms with van der Waals surface area (Å²) >= 11 is 0. The first-order chi connectivity index (χ1) is 9.81. The Morgan fingerprint density at radius 1 is 1.00 bits per heavy atom. The van der Waals surface area contributed by atoms with Crippen molar-refractivity contribution in [2.75, 3.05) is 0 Å². The van der Waals surface area contributed by atoms with E-state index in [-0.39, 0.29) is 13.5 Å². The smallest absolute Gasteiger partial charge is 0.217 e. The highest BCUT2D eigenvalue weighted by molar-refractivity contribution is 5.54. The normalized spacial score (nSPS) is 21.4. The third kappa shape index (κ3) is 4.02. The zero-order chi connectivity index (χ0) is 13.8. The minimum Gasteiger partial charge on any atom is -0.474 e. The summed E-state index contributed by atoms with van der Waals surface area (Å²) in [5, 5.41) is 0. The lowest BCUT2D eigenvalue weighted by atomic mass is 9.94. The molecule has 3 rings (SSSR count). The molecule has 21 heavy (non-hydrogen) atoms. The van der Waals surface area contributed by atoms with Crippen molar-refractivity contribution in [2.45, 2.75) is 45.3 Å². The molecule has 0 amide bonds. The summed E-state index contributed by atoms with van der Waals surface area (Å²) < 4.78 is 5.96. The third-order valence-corrected chi connectivity index (χ3v) is 3.67.